The van der Waals surface area contributed by atoms with Crippen LogP contribution in [0.3, 0.4) is 0 Å². The molecule has 1 fully saturated rings. The predicted octanol–water partition coefficient (Wildman–Crippen LogP) is 2.72. The van der Waals surface area contributed by atoms with Crippen LogP contribution in [0.5, 0.6) is 11.5 Å². The van der Waals surface area contributed by atoms with Crippen LogP contribution in [0, 0.1) is 6.92 Å². The highest BCUT2D eigenvalue weighted by Crippen LogP contribution is 2.41. The van der Waals surface area contributed by atoms with Crippen LogP contribution in [0.15, 0.2) is 17.3 Å². The highest BCUT2D eigenvalue weighted by atomic mass is 16.5. The van der Waals surface area contributed by atoms with Crippen LogP contribution in [0.2, 0.25) is 0 Å². The van der Waals surface area contributed by atoms with Crippen molar-refractivity contribution in [2.24, 2.45) is 5.16 Å². The second-order valence-corrected chi connectivity index (χ2v) is 4.25. The lowest BCUT2D eigenvalue weighted by Crippen LogP contribution is -2.24. The lowest BCUT2D eigenvalue weighted by Gasteiger charge is -2.29. The van der Waals surface area contributed by atoms with Crippen LogP contribution in [-0.4, -0.2) is 25.1 Å². The van der Waals surface area contributed by atoms with Gasteiger partial charge in [0.15, 0.2) is 0 Å². The van der Waals surface area contributed by atoms with Crippen molar-refractivity contribution in [3.8, 4) is 11.5 Å². The molecule has 1 N–H and O–H groups in total. The molecular formula is C13H17NO3. The fourth-order valence-corrected chi connectivity index (χ4v) is 2.22. The molecule has 2 rings (SSSR count). The third kappa shape index (κ3) is 1.95. The molecule has 0 saturated heterocycles. The first kappa shape index (κ1) is 11.8. The van der Waals surface area contributed by atoms with E-state index in [1.54, 1.807) is 14.2 Å². The van der Waals surface area contributed by atoms with E-state index in [1.165, 1.54) is 0 Å². The number of benzene rings is 1. The number of ether oxygens (including phenoxy) is 2. The van der Waals surface area contributed by atoms with Gasteiger partial charge in [0, 0.05) is 11.5 Å². The Morgan fingerprint density at radius 3 is 2.41 bits per heavy atom. The predicted molar refractivity (Wildman–Crippen MR) is 65.5 cm³/mol. The average Bonchev–Trinajstić information content (AvgIpc) is 2.30. The van der Waals surface area contributed by atoms with E-state index in [0.717, 1.165) is 41.2 Å². The molecule has 0 amide bonds. The molecular weight excluding hydrogens is 218 g/mol. The molecule has 4 nitrogen and oxygen atoms in total. The Balaban J connectivity index is 2.44. The first-order chi connectivity index (χ1) is 8.21. The van der Waals surface area contributed by atoms with E-state index >= 15 is 0 Å². The highest BCUT2D eigenvalue weighted by Gasteiger charge is 2.31. The Morgan fingerprint density at radius 2 is 1.94 bits per heavy atom. The average molecular weight is 235 g/mol. The molecule has 1 aromatic rings. The van der Waals surface area contributed by atoms with E-state index < -0.39 is 0 Å². The van der Waals surface area contributed by atoms with Gasteiger partial charge in [-0.3, -0.25) is 0 Å². The largest absolute Gasteiger partial charge is 0.496 e. The lowest BCUT2D eigenvalue weighted by atomic mass is 9.77. The molecule has 1 aliphatic carbocycles. The van der Waals surface area contributed by atoms with Gasteiger partial charge < -0.3 is 14.7 Å². The van der Waals surface area contributed by atoms with Crippen molar-refractivity contribution >= 4 is 5.71 Å². The zero-order valence-corrected chi connectivity index (χ0v) is 10.4. The number of nitrogens with zero attached hydrogens (tertiary/aromatic N) is 1. The fraction of sp³-hybridized carbons (Fsp3) is 0.462. The summed E-state index contributed by atoms with van der Waals surface area (Å²) in [6.07, 6.45) is 1.84. The van der Waals surface area contributed by atoms with E-state index in [9.17, 15) is 0 Å². The molecule has 1 saturated carbocycles. The van der Waals surface area contributed by atoms with Crippen molar-refractivity contribution in [2.45, 2.75) is 25.7 Å². The molecule has 92 valence electrons. The zero-order chi connectivity index (χ0) is 12.4. The van der Waals surface area contributed by atoms with Crippen molar-refractivity contribution in [1.82, 2.24) is 0 Å². The van der Waals surface area contributed by atoms with Gasteiger partial charge >= 0.3 is 0 Å². The Hall–Kier alpha value is -1.71. The highest BCUT2D eigenvalue weighted by molar-refractivity contribution is 5.96. The Bertz CT molecular complexity index is 454. The first-order valence-electron chi connectivity index (χ1n) is 5.64. The van der Waals surface area contributed by atoms with Crippen molar-refractivity contribution < 1.29 is 14.7 Å². The second-order valence-electron chi connectivity index (χ2n) is 4.25. The van der Waals surface area contributed by atoms with Gasteiger partial charge in [-0.2, -0.15) is 0 Å². The van der Waals surface area contributed by atoms with Crippen LogP contribution in [0.25, 0.3) is 0 Å². The van der Waals surface area contributed by atoms with Gasteiger partial charge in [-0.1, -0.05) is 5.16 Å². The SMILES string of the molecule is COc1cc([C@H]2CC/C2=N/O)c(OC)cc1C. The van der Waals surface area contributed by atoms with E-state index in [4.69, 9.17) is 14.7 Å². The van der Waals surface area contributed by atoms with Crippen molar-refractivity contribution in [2.75, 3.05) is 14.2 Å². The van der Waals surface area contributed by atoms with Crippen LogP contribution >= 0.6 is 0 Å². The summed E-state index contributed by atoms with van der Waals surface area (Å²) in [5.74, 6) is 1.82. The number of oxime groups is 1. The Kier molecular flexibility index (Phi) is 3.22. The smallest absolute Gasteiger partial charge is 0.123 e. The molecule has 0 spiro atoms. The minimum Gasteiger partial charge on any atom is -0.496 e. The maximum Gasteiger partial charge on any atom is 0.123 e. The van der Waals surface area contributed by atoms with E-state index in [0.29, 0.717) is 0 Å². The van der Waals surface area contributed by atoms with Gasteiger partial charge in [0.1, 0.15) is 11.5 Å². The quantitative estimate of drug-likeness (QED) is 0.647. The van der Waals surface area contributed by atoms with Crippen molar-refractivity contribution in [3.05, 3.63) is 23.3 Å². The Morgan fingerprint density at radius 1 is 1.24 bits per heavy atom. The monoisotopic (exact) mass is 235 g/mol. The standard InChI is InChI=1S/C13H17NO3/c1-8-6-13(17-3)10(7-12(8)16-2)9-4-5-11(9)14-15/h6-7,9,15H,4-5H2,1-3H3/b14-11-/t9-/m1/s1. The van der Waals surface area contributed by atoms with Gasteiger partial charge in [0.2, 0.25) is 0 Å². The van der Waals surface area contributed by atoms with Gasteiger partial charge in [0.05, 0.1) is 19.9 Å². The minimum atomic E-state index is 0.157. The Labute approximate surface area is 101 Å². The molecule has 0 bridgehead atoms. The molecule has 0 unspecified atom stereocenters. The topological polar surface area (TPSA) is 51.0 Å². The third-order valence-electron chi connectivity index (χ3n) is 3.34. The summed E-state index contributed by atoms with van der Waals surface area (Å²) >= 11 is 0. The number of hydrogen-bond donors (Lipinski definition) is 1. The second kappa shape index (κ2) is 4.65. The van der Waals surface area contributed by atoms with Crippen molar-refractivity contribution in [3.63, 3.8) is 0 Å². The first-order valence-corrected chi connectivity index (χ1v) is 5.64. The third-order valence-corrected chi connectivity index (χ3v) is 3.34. The summed E-state index contributed by atoms with van der Waals surface area (Å²) in [5.41, 5.74) is 2.89. The van der Waals surface area contributed by atoms with E-state index in [2.05, 4.69) is 5.16 Å². The van der Waals surface area contributed by atoms with Crippen LogP contribution in [0.1, 0.15) is 29.9 Å². The number of aryl methyl sites for hydroxylation is 1. The summed E-state index contributed by atoms with van der Waals surface area (Å²) < 4.78 is 10.7. The minimum absolute atomic E-state index is 0.157. The van der Waals surface area contributed by atoms with Gasteiger partial charge in [-0.25, -0.2) is 0 Å². The lowest BCUT2D eigenvalue weighted by molar-refractivity contribution is 0.310. The van der Waals surface area contributed by atoms with Crippen molar-refractivity contribution in [1.29, 1.82) is 0 Å². The van der Waals surface area contributed by atoms with Gasteiger partial charge in [-0.15, -0.1) is 0 Å². The van der Waals surface area contributed by atoms with Crippen LogP contribution < -0.4 is 9.47 Å². The molecule has 1 aliphatic rings. The zero-order valence-electron chi connectivity index (χ0n) is 10.4. The number of hydrogen-bond acceptors (Lipinski definition) is 4. The van der Waals surface area contributed by atoms with Gasteiger partial charge in [-0.05, 0) is 37.5 Å². The molecule has 0 heterocycles. The summed E-state index contributed by atoms with van der Waals surface area (Å²) in [6.45, 7) is 1.98. The summed E-state index contributed by atoms with van der Waals surface area (Å²) in [6, 6.07) is 3.94. The summed E-state index contributed by atoms with van der Waals surface area (Å²) in [4.78, 5) is 0. The molecule has 0 aliphatic heterocycles. The molecule has 0 radical (unpaired) electrons. The normalized spacial score (nSPS) is 21.1. The van der Waals surface area contributed by atoms with E-state index in [-0.39, 0.29) is 5.92 Å². The number of rotatable bonds is 3. The fourth-order valence-electron chi connectivity index (χ4n) is 2.22. The number of methoxy groups -OCH3 is 2. The molecule has 4 heteroatoms. The summed E-state index contributed by atoms with van der Waals surface area (Å²) in [5, 5.41) is 12.2. The molecule has 17 heavy (non-hydrogen) atoms. The maximum atomic E-state index is 8.88. The van der Waals surface area contributed by atoms with Gasteiger partial charge in [0.25, 0.3) is 0 Å². The van der Waals surface area contributed by atoms with Crippen LogP contribution in [0.4, 0.5) is 0 Å². The van der Waals surface area contributed by atoms with Crippen LogP contribution in [-0.2, 0) is 0 Å². The van der Waals surface area contributed by atoms with E-state index in [1.807, 2.05) is 19.1 Å². The summed E-state index contributed by atoms with van der Waals surface area (Å²) in [7, 11) is 3.31. The molecule has 0 aromatic heterocycles. The molecule has 1 aromatic carbocycles. The maximum absolute atomic E-state index is 8.88. The molecule has 1 atom stereocenters.